The van der Waals surface area contributed by atoms with Crippen molar-refractivity contribution in [1.29, 1.82) is 0 Å². The lowest BCUT2D eigenvalue weighted by Gasteiger charge is -2.28. The van der Waals surface area contributed by atoms with E-state index in [4.69, 9.17) is 12.2 Å². The van der Waals surface area contributed by atoms with Gasteiger partial charge in [-0.05, 0) is 98.7 Å². The molecule has 2 atom stereocenters. The van der Waals surface area contributed by atoms with E-state index >= 15 is 0 Å². The van der Waals surface area contributed by atoms with Gasteiger partial charge in [0.25, 0.3) is 0 Å². The molecule has 9 heteroatoms. The molecule has 2 aromatic carbocycles. The molecule has 2 unspecified atom stereocenters. The first kappa shape index (κ1) is 26.1. The number of aromatic carboxylic acids is 1. The topological polar surface area (TPSA) is 99.5 Å². The largest absolute Gasteiger partial charge is 0.478 e. The fourth-order valence-corrected chi connectivity index (χ4v) is 5.64. The number of thiocarbonyl (C=S) groups is 1. The lowest BCUT2D eigenvalue weighted by Crippen LogP contribution is -2.29. The van der Waals surface area contributed by atoms with Crippen molar-refractivity contribution >= 4 is 40.6 Å². The molecule has 1 amide bonds. The first-order valence-corrected chi connectivity index (χ1v) is 13.0. The van der Waals surface area contributed by atoms with Gasteiger partial charge in [-0.25, -0.2) is 4.79 Å². The van der Waals surface area contributed by atoms with E-state index in [1.807, 2.05) is 69.3 Å². The predicted octanol–water partition coefficient (Wildman–Crippen LogP) is 5.63. The number of carbonyl (C=O) groups is 2. The minimum atomic E-state index is -0.964. The Bertz CT molecular complexity index is 1580. The molecule has 1 aliphatic heterocycles. The summed E-state index contributed by atoms with van der Waals surface area (Å²) in [6.45, 7) is 7.52. The van der Waals surface area contributed by atoms with E-state index in [9.17, 15) is 14.7 Å². The van der Waals surface area contributed by atoms with Crippen molar-refractivity contribution in [3.8, 4) is 5.69 Å². The zero-order valence-corrected chi connectivity index (χ0v) is 22.9. The third-order valence-electron chi connectivity index (χ3n) is 7.05. The fraction of sp³-hybridized carbons (Fsp3) is 0.200. The SMILES string of the molecule is CC(=O)Nc1ccc(N2C(=S)NC(c3ccccn3)C2c2cc(C)n(-c3cc(C(=O)O)ccc3C)c2C)cc1. The van der Waals surface area contributed by atoms with E-state index in [0.717, 1.165) is 39.6 Å². The number of anilines is 2. The number of pyridine rings is 1. The average Bonchev–Trinajstić information content (AvgIpc) is 3.40. The first-order valence-electron chi connectivity index (χ1n) is 12.6. The van der Waals surface area contributed by atoms with Gasteiger partial charge in [-0.2, -0.15) is 0 Å². The van der Waals surface area contributed by atoms with Crippen LogP contribution >= 0.6 is 12.2 Å². The molecule has 0 bridgehead atoms. The van der Waals surface area contributed by atoms with Gasteiger partial charge in [0, 0.05) is 41.6 Å². The van der Waals surface area contributed by atoms with Crippen molar-refractivity contribution in [2.45, 2.75) is 39.8 Å². The summed E-state index contributed by atoms with van der Waals surface area (Å²) in [4.78, 5) is 30.0. The molecule has 1 aliphatic rings. The number of carbonyl (C=O) groups excluding carboxylic acids is 1. The number of nitrogens with zero attached hydrogens (tertiary/aromatic N) is 3. The maximum Gasteiger partial charge on any atom is 0.335 e. The van der Waals surface area contributed by atoms with Crippen LogP contribution in [-0.4, -0.2) is 31.6 Å². The average molecular weight is 540 g/mol. The summed E-state index contributed by atoms with van der Waals surface area (Å²) in [5.41, 5.74) is 7.47. The quantitative estimate of drug-likeness (QED) is 0.273. The van der Waals surface area contributed by atoms with E-state index < -0.39 is 5.97 Å². The normalized spacial score (nSPS) is 16.7. The van der Waals surface area contributed by atoms with E-state index in [1.54, 1.807) is 18.3 Å². The minimum Gasteiger partial charge on any atom is -0.478 e. The first-order chi connectivity index (χ1) is 18.7. The summed E-state index contributed by atoms with van der Waals surface area (Å²) in [6, 6.07) is 20.3. The van der Waals surface area contributed by atoms with Crippen LogP contribution in [0.15, 0.2) is 72.9 Å². The number of aromatic nitrogens is 2. The molecule has 39 heavy (non-hydrogen) atoms. The molecule has 2 aromatic heterocycles. The number of hydrogen-bond donors (Lipinski definition) is 3. The fourth-order valence-electron chi connectivity index (χ4n) is 5.30. The van der Waals surface area contributed by atoms with Crippen LogP contribution in [0, 0.1) is 20.8 Å². The van der Waals surface area contributed by atoms with Crippen LogP contribution in [0.3, 0.4) is 0 Å². The number of rotatable bonds is 6. The Labute approximate surface area is 232 Å². The van der Waals surface area contributed by atoms with Crippen molar-refractivity contribution < 1.29 is 14.7 Å². The molecule has 1 fully saturated rings. The lowest BCUT2D eigenvalue weighted by atomic mass is 9.96. The number of benzene rings is 2. The van der Waals surface area contributed by atoms with Crippen molar-refractivity contribution in [3.05, 3.63) is 107 Å². The lowest BCUT2D eigenvalue weighted by molar-refractivity contribution is -0.114. The van der Waals surface area contributed by atoms with Crippen LogP contribution in [0.4, 0.5) is 11.4 Å². The van der Waals surface area contributed by atoms with Gasteiger partial charge in [0.1, 0.15) is 0 Å². The molecule has 3 N–H and O–H groups in total. The third-order valence-corrected chi connectivity index (χ3v) is 7.36. The van der Waals surface area contributed by atoms with Crippen molar-refractivity contribution in [2.75, 3.05) is 10.2 Å². The Morgan fingerprint density at radius 2 is 1.77 bits per heavy atom. The minimum absolute atomic E-state index is 0.135. The number of hydrogen-bond acceptors (Lipinski definition) is 4. The third kappa shape index (κ3) is 4.88. The van der Waals surface area contributed by atoms with Crippen LogP contribution in [-0.2, 0) is 4.79 Å². The summed E-state index contributed by atoms with van der Waals surface area (Å²) in [5.74, 6) is -1.10. The van der Waals surface area contributed by atoms with Gasteiger partial charge < -0.3 is 25.2 Å². The standard InChI is InChI=1S/C30H29N5O3S/c1-17-8-9-21(29(37)38)16-26(17)34-18(2)15-24(19(34)3)28-27(25-7-5-6-14-31-25)33-30(39)35(28)23-12-10-22(11-13-23)32-20(4)36/h5-16,27-28H,1-4H3,(H,32,36)(H,33,39)(H,37,38). The van der Waals surface area contributed by atoms with Crippen LogP contribution in [0.2, 0.25) is 0 Å². The van der Waals surface area contributed by atoms with Gasteiger partial charge in [-0.3, -0.25) is 9.78 Å². The number of amides is 1. The zero-order valence-electron chi connectivity index (χ0n) is 22.1. The van der Waals surface area contributed by atoms with E-state index in [2.05, 4.69) is 31.2 Å². The van der Waals surface area contributed by atoms with Crippen molar-refractivity contribution in [3.63, 3.8) is 0 Å². The number of carboxylic acid groups (broad SMARTS) is 1. The maximum atomic E-state index is 11.7. The highest BCUT2D eigenvalue weighted by molar-refractivity contribution is 7.80. The molecular formula is C30H29N5O3S. The second-order valence-electron chi connectivity index (χ2n) is 9.69. The summed E-state index contributed by atoms with van der Waals surface area (Å²) >= 11 is 5.87. The van der Waals surface area contributed by atoms with E-state index in [0.29, 0.717) is 10.8 Å². The van der Waals surface area contributed by atoms with Gasteiger partial charge in [0.15, 0.2) is 5.11 Å². The highest BCUT2D eigenvalue weighted by Gasteiger charge is 2.42. The molecule has 1 saturated heterocycles. The molecule has 8 nitrogen and oxygen atoms in total. The van der Waals surface area contributed by atoms with Crippen LogP contribution in [0.1, 0.15) is 57.6 Å². The Kier molecular flexibility index (Phi) is 6.93. The zero-order chi connectivity index (χ0) is 27.8. The van der Waals surface area contributed by atoms with Crippen molar-refractivity contribution in [2.24, 2.45) is 0 Å². The summed E-state index contributed by atoms with van der Waals surface area (Å²) in [7, 11) is 0. The van der Waals surface area contributed by atoms with Gasteiger partial charge in [-0.15, -0.1) is 0 Å². The number of nitrogens with one attached hydrogen (secondary N) is 2. The molecule has 0 spiro atoms. The molecule has 0 radical (unpaired) electrons. The number of aryl methyl sites for hydroxylation is 2. The Balaban J connectivity index is 1.66. The van der Waals surface area contributed by atoms with Crippen LogP contribution in [0.25, 0.3) is 5.69 Å². The molecule has 198 valence electrons. The van der Waals surface area contributed by atoms with E-state index in [1.165, 1.54) is 6.92 Å². The second kappa shape index (κ2) is 10.3. The Morgan fingerprint density at radius 1 is 1.03 bits per heavy atom. The van der Waals surface area contributed by atoms with Crippen molar-refractivity contribution in [1.82, 2.24) is 14.9 Å². The summed E-state index contributed by atoms with van der Waals surface area (Å²) in [5, 5.41) is 16.5. The van der Waals surface area contributed by atoms with E-state index in [-0.39, 0.29) is 23.6 Å². The molecule has 0 saturated carbocycles. The summed E-state index contributed by atoms with van der Waals surface area (Å²) < 4.78 is 2.10. The Hall–Kier alpha value is -4.50. The summed E-state index contributed by atoms with van der Waals surface area (Å²) in [6.07, 6.45) is 1.77. The van der Waals surface area contributed by atoms with Crippen LogP contribution in [0.5, 0.6) is 0 Å². The smallest absolute Gasteiger partial charge is 0.335 e. The highest BCUT2D eigenvalue weighted by Crippen LogP contribution is 2.44. The van der Waals surface area contributed by atoms with Gasteiger partial charge >= 0.3 is 5.97 Å². The monoisotopic (exact) mass is 539 g/mol. The van der Waals surface area contributed by atoms with Gasteiger partial charge in [0.05, 0.1) is 23.3 Å². The number of carboxylic acids is 1. The maximum absolute atomic E-state index is 11.7. The molecule has 4 aromatic rings. The van der Waals surface area contributed by atoms with Crippen LogP contribution < -0.4 is 15.5 Å². The molecule has 0 aliphatic carbocycles. The predicted molar refractivity (Wildman–Crippen MR) is 156 cm³/mol. The van der Waals surface area contributed by atoms with Gasteiger partial charge in [-0.1, -0.05) is 12.1 Å². The Morgan fingerprint density at radius 3 is 2.41 bits per heavy atom. The second-order valence-corrected chi connectivity index (χ2v) is 10.1. The molecule has 5 rings (SSSR count). The van der Waals surface area contributed by atoms with Gasteiger partial charge in [0.2, 0.25) is 5.91 Å². The molecular weight excluding hydrogens is 510 g/mol. The molecule has 3 heterocycles. The highest BCUT2D eigenvalue weighted by atomic mass is 32.1.